The highest BCUT2D eigenvalue weighted by atomic mass is 28.4. The van der Waals surface area contributed by atoms with E-state index in [0.29, 0.717) is 18.8 Å². The summed E-state index contributed by atoms with van der Waals surface area (Å²) in [6.45, 7) is 17.2. The van der Waals surface area contributed by atoms with Gasteiger partial charge < -0.3 is 14.5 Å². The van der Waals surface area contributed by atoms with Crippen molar-refractivity contribution in [3.8, 4) is 0 Å². The molecule has 220 valence electrons. The lowest BCUT2D eigenvalue weighted by Gasteiger charge is -2.50. The second-order valence-electron chi connectivity index (χ2n) is 13.3. The number of methoxy groups -OCH3 is 1. The van der Waals surface area contributed by atoms with Gasteiger partial charge in [0.15, 0.2) is 5.78 Å². The number of esters is 1. The highest BCUT2D eigenvalue weighted by Crippen LogP contribution is 2.55. The van der Waals surface area contributed by atoms with Crippen molar-refractivity contribution in [2.75, 3.05) is 7.11 Å². The van der Waals surface area contributed by atoms with Gasteiger partial charge in [0, 0.05) is 6.42 Å². The third-order valence-corrected chi connectivity index (χ3v) is 14.4. The van der Waals surface area contributed by atoms with E-state index in [2.05, 4.69) is 60.7 Å². The van der Waals surface area contributed by atoms with E-state index in [1.54, 1.807) is 0 Å². The summed E-state index contributed by atoms with van der Waals surface area (Å²) in [7, 11) is -1.39. The van der Waals surface area contributed by atoms with Crippen LogP contribution in [0.5, 0.6) is 0 Å². The Balaban J connectivity index is 2.37. The summed E-state index contributed by atoms with van der Waals surface area (Å²) in [4.78, 5) is 40.1. The number of carbonyl (C=O) groups excluding carboxylic acids is 3. The van der Waals surface area contributed by atoms with E-state index >= 15 is 0 Å². The Kier molecular flexibility index (Phi) is 11.7. The van der Waals surface area contributed by atoms with Gasteiger partial charge in [-0.05, 0) is 46.0 Å². The van der Waals surface area contributed by atoms with Gasteiger partial charge in [-0.2, -0.15) is 0 Å². The summed E-state index contributed by atoms with van der Waals surface area (Å²) in [5.74, 6) is -0.982. The highest BCUT2D eigenvalue weighted by Gasteiger charge is 2.58. The number of ether oxygens (including phenoxy) is 1. The number of hydrogen-bond acceptors (Lipinski definition) is 5. The second kappa shape index (κ2) is 14.1. The molecule has 0 fully saturated rings. The molecule has 2 aromatic carbocycles. The van der Waals surface area contributed by atoms with Crippen LogP contribution in [0.2, 0.25) is 16.1 Å². The number of Topliss-reactive ketones (excluding diaryl/α,β-unsaturated/α-hetero) is 1. The molecule has 0 aromatic heterocycles. The number of nitrogens with one attached hydrogen (secondary N) is 1. The van der Waals surface area contributed by atoms with E-state index in [1.165, 1.54) is 7.11 Å². The molecule has 40 heavy (non-hydrogen) atoms. The van der Waals surface area contributed by atoms with Crippen LogP contribution in [0.15, 0.2) is 60.7 Å². The summed E-state index contributed by atoms with van der Waals surface area (Å²) >= 11 is 0. The van der Waals surface area contributed by atoms with Crippen molar-refractivity contribution in [3.05, 3.63) is 71.8 Å². The largest absolute Gasteiger partial charge is 0.502 e. The number of benzene rings is 2. The Morgan fingerprint density at radius 2 is 1.27 bits per heavy atom. The normalized spacial score (nSPS) is 13.8. The molecule has 0 aliphatic carbocycles. The van der Waals surface area contributed by atoms with Crippen molar-refractivity contribution in [2.24, 2.45) is 11.8 Å². The fourth-order valence-electron chi connectivity index (χ4n) is 5.77. The molecule has 1 N–H and O–H groups in total. The van der Waals surface area contributed by atoms with Crippen molar-refractivity contribution in [1.82, 2.24) is 5.32 Å². The molecule has 0 radical (unpaired) electrons. The monoisotopic (exact) mass is 567 g/mol. The van der Waals surface area contributed by atoms with Gasteiger partial charge in [0.05, 0.1) is 19.1 Å². The molecule has 2 aromatic rings. The van der Waals surface area contributed by atoms with Gasteiger partial charge in [0.1, 0.15) is 0 Å². The number of rotatable bonds is 12. The Morgan fingerprint density at radius 1 is 0.800 bits per heavy atom. The maximum absolute atomic E-state index is 13.8. The number of hydrogen-bond donors (Lipinski definition) is 1. The second-order valence-corrected chi connectivity index (χ2v) is 18.5. The van der Waals surface area contributed by atoms with Crippen molar-refractivity contribution >= 4 is 26.2 Å². The fraction of sp³-hybridized carbons (Fsp3) is 0.545. The zero-order valence-corrected chi connectivity index (χ0v) is 26.9. The van der Waals surface area contributed by atoms with E-state index < -0.39 is 32.3 Å². The summed E-state index contributed by atoms with van der Waals surface area (Å²) in [6, 6.07) is 19.1. The van der Waals surface area contributed by atoms with Crippen molar-refractivity contribution in [3.63, 3.8) is 0 Å². The van der Waals surface area contributed by atoms with Crippen LogP contribution in [0, 0.1) is 11.8 Å². The predicted octanol–water partition coefficient (Wildman–Crippen LogP) is 7.52. The van der Waals surface area contributed by atoms with Crippen LogP contribution in [0.1, 0.15) is 72.9 Å². The van der Waals surface area contributed by atoms with Gasteiger partial charge in [-0.25, -0.2) is 4.79 Å². The zero-order valence-electron chi connectivity index (χ0n) is 25.9. The lowest BCUT2D eigenvalue weighted by atomic mass is 9.90. The Hall–Kier alpha value is -2.93. The molecule has 0 bridgehead atoms. The zero-order chi connectivity index (χ0) is 30.1. The van der Waals surface area contributed by atoms with Crippen LogP contribution in [-0.4, -0.2) is 39.3 Å². The highest BCUT2D eigenvalue weighted by molar-refractivity contribution is 6.80. The van der Waals surface area contributed by atoms with E-state index in [4.69, 9.17) is 9.16 Å². The van der Waals surface area contributed by atoms with Gasteiger partial charge in [-0.1, -0.05) is 116 Å². The summed E-state index contributed by atoms with van der Waals surface area (Å²) < 4.78 is 11.6. The molecule has 0 spiro atoms. The number of ketones is 1. The molecule has 0 heterocycles. The maximum atomic E-state index is 13.8. The van der Waals surface area contributed by atoms with Gasteiger partial charge in [-0.3, -0.25) is 9.59 Å². The molecule has 1 amide bonds. The Morgan fingerprint density at radius 3 is 1.70 bits per heavy atom. The average Bonchev–Trinajstić information content (AvgIpc) is 2.86. The molecule has 0 aliphatic heterocycles. The lowest BCUT2D eigenvalue weighted by molar-refractivity contribution is -0.147. The smallest absolute Gasteiger partial charge is 0.394 e. The van der Waals surface area contributed by atoms with E-state index in [1.807, 2.05) is 60.7 Å². The SMILES string of the molecule is COC(=O)[C@@H](CC(=O)[C@H](Cc1ccccc1)NC(=O)O[Si](CC(C)C)(C(C)(C)C)C(C)(C)C)Cc1ccccc1. The third-order valence-electron chi connectivity index (χ3n) is 7.66. The van der Waals surface area contributed by atoms with Crippen LogP contribution in [0.3, 0.4) is 0 Å². The fourth-order valence-corrected chi connectivity index (χ4v) is 11.5. The van der Waals surface area contributed by atoms with Gasteiger partial charge in [-0.15, -0.1) is 0 Å². The van der Waals surface area contributed by atoms with E-state index in [9.17, 15) is 14.4 Å². The van der Waals surface area contributed by atoms with E-state index in [0.717, 1.165) is 17.2 Å². The first-order valence-electron chi connectivity index (χ1n) is 14.3. The molecular weight excluding hydrogens is 518 g/mol. The van der Waals surface area contributed by atoms with Gasteiger partial charge in [0.2, 0.25) is 0 Å². The van der Waals surface area contributed by atoms with Crippen molar-refractivity contribution < 1.29 is 23.5 Å². The molecule has 2 atom stereocenters. The topological polar surface area (TPSA) is 81.7 Å². The van der Waals surface area contributed by atoms with Crippen LogP contribution >= 0.6 is 0 Å². The minimum absolute atomic E-state index is 0.0492. The molecule has 0 saturated carbocycles. The molecule has 2 rings (SSSR count). The average molecular weight is 568 g/mol. The Bertz CT molecular complexity index is 1090. The van der Waals surface area contributed by atoms with Crippen LogP contribution < -0.4 is 5.32 Å². The minimum Gasteiger partial charge on any atom is -0.502 e. The maximum Gasteiger partial charge on any atom is 0.394 e. The Labute approximate surface area is 242 Å². The first kappa shape index (κ1) is 33.3. The number of carbonyl (C=O) groups is 3. The minimum atomic E-state index is -2.72. The predicted molar refractivity (Wildman–Crippen MR) is 164 cm³/mol. The van der Waals surface area contributed by atoms with Crippen LogP contribution in [-0.2, 0) is 31.6 Å². The molecule has 0 aliphatic rings. The van der Waals surface area contributed by atoms with Gasteiger partial charge in [0.25, 0.3) is 8.32 Å². The molecular formula is C33H49NO5Si. The summed E-state index contributed by atoms with van der Waals surface area (Å²) in [5, 5.41) is 2.49. The van der Waals surface area contributed by atoms with E-state index in [-0.39, 0.29) is 22.3 Å². The molecule has 6 nitrogen and oxygen atoms in total. The molecule has 0 unspecified atom stereocenters. The first-order valence-corrected chi connectivity index (χ1v) is 16.4. The van der Waals surface area contributed by atoms with Crippen molar-refractivity contribution in [2.45, 2.75) is 96.8 Å². The third kappa shape index (κ3) is 9.05. The van der Waals surface area contributed by atoms with Crippen molar-refractivity contribution in [1.29, 1.82) is 0 Å². The standard InChI is InChI=1S/C33H49NO5Si/c1-24(2)23-40(32(3,4)5,33(6,7)8)39-31(37)34-28(21-26-18-14-11-15-19-26)29(35)22-27(30(36)38-9)20-25-16-12-10-13-17-25/h10-19,24,27-28H,20-23H2,1-9H3,(H,34,37)/t27-,28+/m1/s1. The quantitative estimate of drug-likeness (QED) is 0.212. The lowest BCUT2D eigenvalue weighted by Crippen LogP contribution is -2.58. The first-order chi connectivity index (χ1) is 18.6. The molecule has 0 saturated heterocycles. The van der Waals surface area contributed by atoms with Gasteiger partial charge >= 0.3 is 12.1 Å². The van der Waals surface area contributed by atoms with Crippen LogP contribution in [0.25, 0.3) is 0 Å². The summed E-state index contributed by atoms with van der Waals surface area (Å²) in [5.41, 5.74) is 1.86. The molecule has 7 heteroatoms. The summed E-state index contributed by atoms with van der Waals surface area (Å²) in [6.07, 6.45) is 0.0638. The van der Waals surface area contributed by atoms with Crippen LogP contribution in [0.4, 0.5) is 4.79 Å². The number of amides is 1.